The van der Waals surface area contributed by atoms with Crippen LogP contribution < -0.4 is 5.73 Å². The lowest BCUT2D eigenvalue weighted by Gasteiger charge is -2.12. The van der Waals surface area contributed by atoms with Gasteiger partial charge in [0.15, 0.2) is 0 Å². The zero-order chi connectivity index (χ0) is 9.84. The smallest absolute Gasteiger partial charge is 0.0392 e. The normalized spacial score (nSPS) is 12.6. The molecule has 0 spiro atoms. The third kappa shape index (κ3) is 3.99. The molecule has 0 saturated heterocycles. The van der Waals surface area contributed by atoms with E-state index in [4.69, 9.17) is 5.73 Å². The van der Waals surface area contributed by atoms with E-state index in [1.54, 1.807) is 11.3 Å². The zero-order valence-corrected chi connectivity index (χ0v) is 10.8. The molecule has 0 aliphatic carbocycles. The first-order valence-corrected chi connectivity index (χ1v) is 5.78. The summed E-state index contributed by atoms with van der Waals surface area (Å²) in [5.74, 6) is 0.756. The summed E-state index contributed by atoms with van der Waals surface area (Å²) in [6, 6.07) is 2.40. The molecule has 1 heterocycles. The molecule has 0 unspecified atom stereocenters. The molecule has 1 aromatic rings. The molecule has 1 rings (SSSR count). The maximum Gasteiger partial charge on any atom is 0.0392 e. The van der Waals surface area contributed by atoms with Crippen molar-refractivity contribution in [2.45, 2.75) is 39.7 Å². The van der Waals surface area contributed by atoms with E-state index in [-0.39, 0.29) is 18.4 Å². The van der Waals surface area contributed by atoms with Crippen LogP contribution in [-0.4, -0.2) is 0 Å². The highest BCUT2D eigenvalue weighted by molar-refractivity contribution is 7.10. The van der Waals surface area contributed by atoms with E-state index in [1.165, 1.54) is 16.9 Å². The molecule has 0 amide bonds. The highest BCUT2D eigenvalue weighted by Crippen LogP contribution is 2.26. The third-order valence-electron chi connectivity index (χ3n) is 2.29. The summed E-state index contributed by atoms with van der Waals surface area (Å²) >= 11 is 1.78. The van der Waals surface area contributed by atoms with Gasteiger partial charge in [0.05, 0.1) is 0 Å². The van der Waals surface area contributed by atoms with E-state index in [9.17, 15) is 0 Å². The van der Waals surface area contributed by atoms with Crippen molar-refractivity contribution in [1.29, 1.82) is 0 Å². The Labute approximate surface area is 97.1 Å². The fourth-order valence-electron chi connectivity index (χ4n) is 1.41. The molecule has 0 aliphatic heterocycles. The monoisotopic (exact) mass is 233 g/mol. The van der Waals surface area contributed by atoms with Crippen molar-refractivity contribution in [2.24, 2.45) is 11.7 Å². The first-order valence-electron chi connectivity index (χ1n) is 4.91. The predicted molar refractivity (Wildman–Crippen MR) is 67.3 cm³/mol. The molecule has 82 valence electrons. The van der Waals surface area contributed by atoms with Gasteiger partial charge in [-0.05, 0) is 42.7 Å². The average Bonchev–Trinajstić information content (AvgIpc) is 2.47. The first-order chi connectivity index (χ1) is 6.11. The lowest BCUT2D eigenvalue weighted by molar-refractivity contribution is 0.510. The highest BCUT2D eigenvalue weighted by atomic mass is 35.5. The molecular formula is C11H20ClNS. The Morgan fingerprint density at radius 3 is 2.43 bits per heavy atom. The maximum atomic E-state index is 6.10. The van der Waals surface area contributed by atoms with Crippen LogP contribution >= 0.6 is 23.7 Å². The summed E-state index contributed by atoms with van der Waals surface area (Å²) in [6.07, 6.45) is 2.33. The Hall–Kier alpha value is -0.0500. The fourth-order valence-corrected chi connectivity index (χ4v) is 2.37. The van der Waals surface area contributed by atoms with E-state index < -0.39 is 0 Å². The molecule has 1 aromatic heterocycles. The minimum atomic E-state index is 0. The van der Waals surface area contributed by atoms with Crippen molar-refractivity contribution < 1.29 is 0 Å². The van der Waals surface area contributed by atoms with Gasteiger partial charge in [-0.25, -0.2) is 0 Å². The van der Waals surface area contributed by atoms with E-state index >= 15 is 0 Å². The van der Waals surface area contributed by atoms with E-state index in [0.29, 0.717) is 0 Å². The number of aryl methyl sites for hydroxylation is 1. The second-order valence-corrected chi connectivity index (χ2v) is 4.99. The highest BCUT2D eigenvalue weighted by Gasteiger charge is 2.10. The van der Waals surface area contributed by atoms with Gasteiger partial charge in [-0.15, -0.1) is 23.7 Å². The standard InChI is InChI=1S/C11H19NS.ClH/c1-8(2)4-5-10(12)11-9(3)6-7-13-11;/h6-8,10H,4-5,12H2,1-3H3;1H/t10-;/m1./s1. The molecule has 1 atom stereocenters. The second-order valence-electron chi connectivity index (χ2n) is 4.05. The Morgan fingerprint density at radius 2 is 2.00 bits per heavy atom. The van der Waals surface area contributed by atoms with Gasteiger partial charge in [-0.3, -0.25) is 0 Å². The summed E-state index contributed by atoms with van der Waals surface area (Å²) in [5.41, 5.74) is 7.45. The van der Waals surface area contributed by atoms with Gasteiger partial charge in [-0.1, -0.05) is 13.8 Å². The van der Waals surface area contributed by atoms with Crippen molar-refractivity contribution in [3.63, 3.8) is 0 Å². The molecule has 0 aliphatic rings. The zero-order valence-electron chi connectivity index (χ0n) is 9.12. The fraction of sp³-hybridized carbons (Fsp3) is 0.636. The molecule has 0 radical (unpaired) electrons. The Morgan fingerprint density at radius 1 is 1.36 bits per heavy atom. The van der Waals surface area contributed by atoms with Crippen molar-refractivity contribution in [3.05, 3.63) is 21.9 Å². The molecule has 14 heavy (non-hydrogen) atoms. The number of hydrogen-bond donors (Lipinski definition) is 1. The van der Waals surface area contributed by atoms with Gasteiger partial charge < -0.3 is 5.73 Å². The number of rotatable bonds is 4. The summed E-state index contributed by atoms with van der Waals surface area (Å²) < 4.78 is 0. The van der Waals surface area contributed by atoms with E-state index in [0.717, 1.165) is 12.3 Å². The molecule has 3 heteroatoms. The van der Waals surface area contributed by atoms with Crippen LogP contribution in [0.3, 0.4) is 0 Å². The van der Waals surface area contributed by atoms with Gasteiger partial charge in [-0.2, -0.15) is 0 Å². The van der Waals surface area contributed by atoms with Crippen LogP contribution in [-0.2, 0) is 0 Å². The van der Waals surface area contributed by atoms with Crippen LogP contribution in [0.4, 0.5) is 0 Å². The molecule has 0 bridgehead atoms. The third-order valence-corrected chi connectivity index (χ3v) is 3.44. The number of thiophene rings is 1. The predicted octanol–water partition coefficient (Wildman–Crippen LogP) is 3.91. The molecular weight excluding hydrogens is 214 g/mol. The largest absolute Gasteiger partial charge is 0.323 e. The maximum absolute atomic E-state index is 6.10. The van der Waals surface area contributed by atoms with Crippen LogP contribution in [0, 0.1) is 12.8 Å². The summed E-state index contributed by atoms with van der Waals surface area (Å²) in [4.78, 5) is 1.36. The number of hydrogen-bond acceptors (Lipinski definition) is 2. The van der Waals surface area contributed by atoms with Crippen LogP contribution in [0.1, 0.15) is 43.2 Å². The van der Waals surface area contributed by atoms with E-state index in [2.05, 4.69) is 32.2 Å². The molecule has 1 nitrogen and oxygen atoms in total. The average molecular weight is 234 g/mol. The minimum absolute atomic E-state index is 0. The molecule has 0 fully saturated rings. The van der Waals surface area contributed by atoms with Crippen molar-refractivity contribution in [1.82, 2.24) is 0 Å². The molecule has 0 saturated carbocycles. The van der Waals surface area contributed by atoms with Crippen molar-refractivity contribution in [3.8, 4) is 0 Å². The van der Waals surface area contributed by atoms with Crippen LogP contribution in [0.15, 0.2) is 11.4 Å². The SMILES string of the molecule is Cc1ccsc1[C@H](N)CCC(C)C.Cl. The van der Waals surface area contributed by atoms with Crippen LogP contribution in [0.25, 0.3) is 0 Å². The van der Waals surface area contributed by atoms with Crippen molar-refractivity contribution in [2.75, 3.05) is 0 Å². The summed E-state index contributed by atoms with van der Waals surface area (Å²) in [7, 11) is 0. The van der Waals surface area contributed by atoms with Crippen molar-refractivity contribution >= 4 is 23.7 Å². The van der Waals surface area contributed by atoms with Crippen LogP contribution in [0.5, 0.6) is 0 Å². The Bertz CT molecular complexity index is 258. The quantitative estimate of drug-likeness (QED) is 0.839. The summed E-state index contributed by atoms with van der Waals surface area (Å²) in [6.45, 7) is 6.63. The van der Waals surface area contributed by atoms with Crippen LogP contribution in [0.2, 0.25) is 0 Å². The first kappa shape index (κ1) is 13.9. The van der Waals surface area contributed by atoms with Gasteiger partial charge in [0.1, 0.15) is 0 Å². The minimum Gasteiger partial charge on any atom is -0.323 e. The summed E-state index contributed by atoms with van der Waals surface area (Å²) in [5, 5.41) is 2.12. The Balaban J connectivity index is 0.00000169. The number of halogens is 1. The lowest BCUT2D eigenvalue weighted by atomic mass is 10.0. The lowest BCUT2D eigenvalue weighted by Crippen LogP contribution is -2.10. The second kappa shape index (κ2) is 6.44. The van der Waals surface area contributed by atoms with Gasteiger partial charge in [0, 0.05) is 10.9 Å². The number of nitrogens with two attached hydrogens (primary N) is 1. The molecule has 0 aromatic carbocycles. The van der Waals surface area contributed by atoms with E-state index in [1.807, 2.05) is 0 Å². The molecule has 2 N–H and O–H groups in total. The van der Waals surface area contributed by atoms with Gasteiger partial charge in [0.25, 0.3) is 0 Å². The topological polar surface area (TPSA) is 26.0 Å². The Kier molecular flexibility index (Phi) is 6.41. The van der Waals surface area contributed by atoms with Gasteiger partial charge in [0.2, 0.25) is 0 Å². The van der Waals surface area contributed by atoms with Gasteiger partial charge >= 0.3 is 0 Å².